The molecule has 1 aromatic carbocycles. The zero-order valence-corrected chi connectivity index (χ0v) is 16.9. The Morgan fingerprint density at radius 1 is 1.33 bits per heavy atom. The van der Waals surface area contributed by atoms with Crippen molar-refractivity contribution >= 4 is 23.3 Å². The van der Waals surface area contributed by atoms with Gasteiger partial charge in [-0.2, -0.15) is 0 Å². The Morgan fingerprint density at radius 2 is 2.04 bits per heavy atom. The molecule has 2 N–H and O–H groups in total. The van der Waals surface area contributed by atoms with Crippen molar-refractivity contribution in [3.05, 3.63) is 46.7 Å². The lowest BCUT2D eigenvalue weighted by molar-refractivity contribution is -0.858. The van der Waals surface area contributed by atoms with Gasteiger partial charge in [0.15, 0.2) is 16.7 Å². The molecule has 1 aliphatic rings. The molecule has 0 saturated heterocycles. The molecular weight excluding hydrogens is 372 g/mol. The molecule has 0 aromatic heterocycles. The Bertz CT molecular complexity index is 752. The molecule has 0 unspecified atom stereocenters. The maximum Gasteiger partial charge on any atom is 0.338 e. The Balaban J connectivity index is 2.41. The number of nitrogens with one attached hydrogen (secondary N) is 2. The molecule has 0 fully saturated rings. The summed E-state index contributed by atoms with van der Waals surface area (Å²) in [5, 5.41) is 3.54. The lowest BCUT2D eigenvalue weighted by Gasteiger charge is -2.37. The van der Waals surface area contributed by atoms with E-state index in [0.29, 0.717) is 28.5 Å². The maximum atomic E-state index is 13.7. The minimum atomic E-state index is -0.975. The lowest BCUT2D eigenvalue weighted by Crippen LogP contribution is -3.05. The smallest absolute Gasteiger partial charge is 0.338 e. The molecule has 0 bridgehead atoms. The van der Waals surface area contributed by atoms with Crippen LogP contribution in [-0.4, -0.2) is 49.8 Å². The van der Waals surface area contributed by atoms with Gasteiger partial charge in [-0.3, -0.25) is 0 Å². The van der Waals surface area contributed by atoms with Crippen LogP contribution in [0, 0.1) is 11.6 Å². The van der Waals surface area contributed by atoms with Crippen LogP contribution in [0.25, 0.3) is 0 Å². The lowest BCUT2D eigenvalue weighted by atomic mass is 9.94. The summed E-state index contributed by atoms with van der Waals surface area (Å²) in [6.07, 6.45) is 0.882. The molecule has 27 heavy (non-hydrogen) atoms. The van der Waals surface area contributed by atoms with Crippen molar-refractivity contribution in [3.8, 4) is 0 Å². The summed E-state index contributed by atoms with van der Waals surface area (Å²) >= 11 is 5.48. The van der Waals surface area contributed by atoms with Crippen molar-refractivity contribution in [1.82, 2.24) is 10.2 Å². The first-order valence-electron chi connectivity index (χ1n) is 8.96. The average molecular weight is 398 g/mol. The molecular formula is C19H26F2N3O2S+. The van der Waals surface area contributed by atoms with Gasteiger partial charge < -0.3 is 19.9 Å². The van der Waals surface area contributed by atoms with Gasteiger partial charge in [-0.25, -0.2) is 13.6 Å². The Morgan fingerprint density at radius 3 is 2.63 bits per heavy atom. The predicted molar refractivity (Wildman–Crippen MR) is 103 cm³/mol. The number of benzene rings is 1. The van der Waals surface area contributed by atoms with E-state index in [1.54, 1.807) is 13.8 Å². The summed E-state index contributed by atoms with van der Waals surface area (Å²) in [6, 6.07) is 2.87. The number of thiocarbonyl (C=S) groups is 1. The van der Waals surface area contributed by atoms with Crippen molar-refractivity contribution in [2.45, 2.75) is 26.3 Å². The normalized spacial score (nSPS) is 17.4. The van der Waals surface area contributed by atoms with Crippen LogP contribution in [0.15, 0.2) is 29.5 Å². The van der Waals surface area contributed by atoms with Gasteiger partial charge in [-0.05, 0) is 43.8 Å². The highest BCUT2D eigenvalue weighted by atomic mass is 32.1. The highest BCUT2D eigenvalue weighted by Crippen LogP contribution is 2.32. The molecule has 0 aliphatic carbocycles. The van der Waals surface area contributed by atoms with Crippen molar-refractivity contribution < 1.29 is 23.2 Å². The van der Waals surface area contributed by atoms with Crippen molar-refractivity contribution in [1.29, 1.82) is 0 Å². The number of nitrogens with zero attached hydrogens (tertiary/aromatic N) is 1. The fourth-order valence-electron chi connectivity index (χ4n) is 3.06. The van der Waals surface area contributed by atoms with E-state index in [4.69, 9.17) is 17.0 Å². The summed E-state index contributed by atoms with van der Waals surface area (Å²) < 4.78 is 32.3. The van der Waals surface area contributed by atoms with Gasteiger partial charge in [-0.1, -0.05) is 6.07 Å². The summed E-state index contributed by atoms with van der Waals surface area (Å²) in [5.41, 5.74) is 1.44. The summed E-state index contributed by atoms with van der Waals surface area (Å²) in [5.74, 6) is -2.41. The van der Waals surface area contributed by atoms with E-state index in [0.717, 1.165) is 25.1 Å². The van der Waals surface area contributed by atoms with Crippen LogP contribution in [0.3, 0.4) is 0 Å². The molecule has 148 valence electrons. The van der Waals surface area contributed by atoms with Crippen molar-refractivity contribution in [2.24, 2.45) is 0 Å². The average Bonchev–Trinajstić information content (AvgIpc) is 2.59. The standard InChI is InChI=1S/C19H25F2N3O2S/c1-5-26-18(25)16-12(2)24(10-6-9-23(3)4)19(27)22-17(16)13-7-8-14(20)15(21)11-13/h7-8,11,17H,5-6,9-10H2,1-4H3,(H,22,27)/p+1/t17-/m0/s1. The number of quaternary nitrogens is 1. The van der Waals surface area contributed by atoms with Gasteiger partial charge in [0, 0.05) is 18.7 Å². The summed E-state index contributed by atoms with van der Waals surface area (Å²) in [4.78, 5) is 15.8. The molecule has 1 atom stereocenters. The number of carbonyl (C=O) groups is 1. The molecule has 1 heterocycles. The number of esters is 1. The van der Waals surface area contributed by atoms with E-state index >= 15 is 0 Å². The molecule has 0 spiro atoms. The van der Waals surface area contributed by atoms with E-state index in [2.05, 4.69) is 19.4 Å². The SMILES string of the molecule is CCOC(=O)C1=C(C)N(CCC[NH+](C)C)C(=S)N[C@H]1c1ccc(F)c(F)c1. The van der Waals surface area contributed by atoms with Gasteiger partial charge in [0.1, 0.15) is 0 Å². The van der Waals surface area contributed by atoms with E-state index in [1.165, 1.54) is 11.0 Å². The van der Waals surface area contributed by atoms with Crippen LogP contribution in [0.4, 0.5) is 8.78 Å². The highest BCUT2D eigenvalue weighted by Gasteiger charge is 2.35. The second kappa shape index (κ2) is 9.23. The topological polar surface area (TPSA) is 46.0 Å². The quantitative estimate of drug-likeness (QED) is 0.539. The van der Waals surface area contributed by atoms with Crippen LogP contribution in [0.1, 0.15) is 31.9 Å². The van der Waals surface area contributed by atoms with Crippen LogP contribution in [0.2, 0.25) is 0 Å². The summed E-state index contributed by atoms with van der Waals surface area (Å²) in [7, 11) is 4.14. The molecule has 0 saturated carbocycles. The van der Waals surface area contributed by atoms with E-state index in [9.17, 15) is 13.6 Å². The fraction of sp³-hybridized carbons (Fsp3) is 0.474. The number of halogens is 2. The molecule has 0 radical (unpaired) electrons. The van der Waals surface area contributed by atoms with Crippen molar-refractivity contribution in [2.75, 3.05) is 33.8 Å². The largest absolute Gasteiger partial charge is 0.463 e. The number of rotatable bonds is 7. The minimum absolute atomic E-state index is 0.217. The number of carbonyl (C=O) groups excluding carboxylic acids is 1. The van der Waals surface area contributed by atoms with E-state index in [1.807, 2.05) is 4.90 Å². The number of hydrogen-bond donors (Lipinski definition) is 2. The first-order valence-corrected chi connectivity index (χ1v) is 9.37. The van der Waals surface area contributed by atoms with Crippen LogP contribution >= 0.6 is 12.2 Å². The predicted octanol–water partition coefficient (Wildman–Crippen LogP) is 1.57. The second-order valence-electron chi connectivity index (χ2n) is 6.74. The molecule has 5 nitrogen and oxygen atoms in total. The zero-order valence-electron chi connectivity index (χ0n) is 16.1. The van der Waals surface area contributed by atoms with E-state index < -0.39 is 23.6 Å². The fourth-order valence-corrected chi connectivity index (χ4v) is 3.40. The van der Waals surface area contributed by atoms with Gasteiger partial charge in [0.05, 0.1) is 38.9 Å². The van der Waals surface area contributed by atoms with E-state index in [-0.39, 0.29) is 6.61 Å². The first-order chi connectivity index (χ1) is 12.8. The van der Waals surface area contributed by atoms with Crippen LogP contribution < -0.4 is 10.2 Å². The van der Waals surface area contributed by atoms with Gasteiger partial charge >= 0.3 is 5.97 Å². The first kappa shape index (κ1) is 21.2. The monoisotopic (exact) mass is 398 g/mol. The molecule has 1 aliphatic heterocycles. The maximum absolute atomic E-state index is 13.7. The molecule has 0 amide bonds. The zero-order chi connectivity index (χ0) is 20.1. The summed E-state index contributed by atoms with van der Waals surface area (Å²) in [6.45, 7) is 5.34. The van der Waals surface area contributed by atoms with Crippen LogP contribution in [0.5, 0.6) is 0 Å². The molecule has 8 heteroatoms. The third-order valence-electron chi connectivity index (χ3n) is 4.43. The Labute approximate surface area is 164 Å². The van der Waals surface area contributed by atoms with Gasteiger partial charge in [0.2, 0.25) is 0 Å². The van der Waals surface area contributed by atoms with Gasteiger partial charge in [-0.15, -0.1) is 0 Å². The third kappa shape index (κ3) is 5.01. The van der Waals surface area contributed by atoms with Crippen molar-refractivity contribution in [3.63, 3.8) is 0 Å². The number of hydrogen-bond acceptors (Lipinski definition) is 3. The highest BCUT2D eigenvalue weighted by molar-refractivity contribution is 7.80. The number of ether oxygens (including phenoxy) is 1. The second-order valence-corrected chi connectivity index (χ2v) is 7.12. The molecule has 2 rings (SSSR count). The number of allylic oxidation sites excluding steroid dienone is 1. The van der Waals surface area contributed by atoms with Gasteiger partial charge in [0.25, 0.3) is 0 Å². The third-order valence-corrected chi connectivity index (χ3v) is 4.77. The Hall–Kier alpha value is -2.06. The van der Waals surface area contributed by atoms with Crippen LogP contribution in [-0.2, 0) is 9.53 Å². The Kier molecular flexibility index (Phi) is 7.26. The minimum Gasteiger partial charge on any atom is -0.463 e. The molecule has 1 aromatic rings.